The number of aromatic nitrogens is 3. The van der Waals surface area contributed by atoms with E-state index in [-0.39, 0.29) is 29.6 Å². The molecule has 0 radical (unpaired) electrons. The molecule has 0 spiro atoms. The number of amides is 3. The molecule has 0 bridgehead atoms. The molecule has 0 aliphatic carbocycles. The van der Waals surface area contributed by atoms with Crippen LogP contribution in [0.3, 0.4) is 0 Å². The van der Waals surface area contributed by atoms with E-state index in [2.05, 4.69) is 15.4 Å². The third kappa shape index (κ3) is 3.80. The number of rotatable bonds is 6. The van der Waals surface area contributed by atoms with E-state index in [1.54, 1.807) is 29.2 Å². The largest absolute Gasteiger partial charge is 0.467 e. The minimum atomic E-state index is -0.446. The maximum atomic E-state index is 12.8. The molecule has 5 rings (SSSR count). The van der Waals surface area contributed by atoms with Gasteiger partial charge < -0.3 is 9.73 Å². The number of benzene rings is 2. The standard InChI is InChI=1S/C24H19N5O4/c1-15(16-4-7-18(8-5-16)29-14-25-13-26-29)27-22(30)17-6-9-20-21(11-17)24(32)28(23(20)31)12-19-3-2-10-33-19/h2-11,13-15H,12H2,1H3,(H,27,30). The predicted molar refractivity (Wildman–Crippen MR) is 117 cm³/mol. The second kappa shape index (κ2) is 8.19. The van der Waals surface area contributed by atoms with Crippen molar-refractivity contribution in [2.75, 3.05) is 0 Å². The van der Waals surface area contributed by atoms with Crippen LogP contribution in [0.15, 0.2) is 77.9 Å². The topological polar surface area (TPSA) is 110 Å². The van der Waals surface area contributed by atoms with Crippen LogP contribution in [0.4, 0.5) is 0 Å². The van der Waals surface area contributed by atoms with E-state index in [9.17, 15) is 14.4 Å². The van der Waals surface area contributed by atoms with Crippen LogP contribution in [-0.2, 0) is 6.54 Å². The molecule has 3 heterocycles. The Morgan fingerprint density at radius 3 is 2.55 bits per heavy atom. The Hall–Kier alpha value is -4.53. The van der Waals surface area contributed by atoms with Crippen LogP contribution in [0.5, 0.6) is 0 Å². The van der Waals surface area contributed by atoms with Gasteiger partial charge in [-0.25, -0.2) is 9.67 Å². The fraction of sp³-hybridized carbons (Fsp3) is 0.125. The second-order valence-corrected chi connectivity index (χ2v) is 7.66. The zero-order valence-electron chi connectivity index (χ0n) is 17.6. The van der Waals surface area contributed by atoms with Crippen LogP contribution in [0.25, 0.3) is 5.69 Å². The van der Waals surface area contributed by atoms with Crippen molar-refractivity contribution in [3.05, 3.63) is 102 Å². The number of furan rings is 1. The van der Waals surface area contributed by atoms with Crippen LogP contribution < -0.4 is 5.32 Å². The van der Waals surface area contributed by atoms with Crippen molar-refractivity contribution in [3.8, 4) is 5.69 Å². The molecule has 1 N–H and O–H groups in total. The monoisotopic (exact) mass is 441 g/mol. The van der Waals surface area contributed by atoms with Gasteiger partial charge in [0.1, 0.15) is 18.4 Å². The van der Waals surface area contributed by atoms with E-state index in [0.29, 0.717) is 11.3 Å². The smallest absolute Gasteiger partial charge is 0.261 e. The van der Waals surface area contributed by atoms with Crippen molar-refractivity contribution in [1.29, 1.82) is 0 Å². The van der Waals surface area contributed by atoms with E-state index in [1.165, 1.54) is 24.7 Å². The number of nitrogens with zero attached hydrogens (tertiary/aromatic N) is 4. The Morgan fingerprint density at radius 2 is 1.85 bits per heavy atom. The number of nitrogens with one attached hydrogen (secondary N) is 1. The Labute approximate surface area is 188 Å². The number of carbonyl (C=O) groups is 3. The summed E-state index contributed by atoms with van der Waals surface area (Å²) in [5, 5.41) is 7.02. The maximum Gasteiger partial charge on any atom is 0.261 e. The first-order chi connectivity index (χ1) is 16.0. The molecular formula is C24H19N5O4. The molecule has 3 amide bonds. The van der Waals surface area contributed by atoms with Crippen LogP contribution in [-0.4, -0.2) is 37.4 Å². The third-order valence-corrected chi connectivity index (χ3v) is 5.55. The van der Waals surface area contributed by atoms with Gasteiger partial charge in [-0.05, 0) is 55.0 Å². The Bertz CT molecular complexity index is 1330. The summed E-state index contributed by atoms with van der Waals surface area (Å²) in [6, 6.07) is 15.2. The van der Waals surface area contributed by atoms with Gasteiger partial charge >= 0.3 is 0 Å². The molecule has 9 nitrogen and oxygen atoms in total. The van der Waals surface area contributed by atoms with Crippen molar-refractivity contribution in [2.45, 2.75) is 19.5 Å². The van der Waals surface area contributed by atoms with E-state index in [1.807, 2.05) is 31.2 Å². The summed E-state index contributed by atoms with van der Waals surface area (Å²) >= 11 is 0. The average molecular weight is 441 g/mol. The zero-order valence-corrected chi connectivity index (χ0v) is 17.6. The lowest BCUT2D eigenvalue weighted by atomic mass is 10.0. The van der Waals surface area contributed by atoms with Gasteiger partial charge in [-0.15, -0.1) is 0 Å². The molecular weight excluding hydrogens is 422 g/mol. The second-order valence-electron chi connectivity index (χ2n) is 7.66. The molecule has 2 aromatic carbocycles. The summed E-state index contributed by atoms with van der Waals surface area (Å²) in [7, 11) is 0. The Kier molecular flexibility index (Phi) is 5.06. The van der Waals surface area contributed by atoms with Gasteiger partial charge in [-0.2, -0.15) is 5.10 Å². The highest BCUT2D eigenvalue weighted by atomic mass is 16.3. The van der Waals surface area contributed by atoms with Crippen LogP contribution >= 0.6 is 0 Å². The number of hydrogen-bond acceptors (Lipinski definition) is 6. The van der Waals surface area contributed by atoms with Crippen molar-refractivity contribution < 1.29 is 18.8 Å². The molecule has 164 valence electrons. The molecule has 4 aromatic rings. The van der Waals surface area contributed by atoms with E-state index >= 15 is 0 Å². The summed E-state index contributed by atoms with van der Waals surface area (Å²) < 4.78 is 6.89. The van der Waals surface area contributed by atoms with Gasteiger partial charge in [-0.1, -0.05) is 12.1 Å². The molecule has 2 aromatic heterocycles. The molecule has 0 saturated carbocycles. The van der Waals surface area contributed by atoms with Crippen molar-refractivity contribution in [3.63, 3.8) is 0 Å². The van der Waals surface area contributed by atoms with Crippen LogP contribution in [0.2, 0.25) is 0 Å². The fourth-order valence-electron chi connectivity index (χ4n) is 3.75. The average Bonchev–Trinajstić information content (AvgIpc) is 3.59. The Morgan fingerprint density at radius 1 is 1.06 bits per heavy atom. The summed E-state index contributed by atoms with van der Waals surface area (Å²) in [4.78, 5) is 43.3. The SMILES string of the molecule is CC(NC(=O)c1ccc2c(c1)C(=O)N(Cc1ccco1)C2=O)c1ccc(-n2cncn2)cc1. The highest BCUT2D eigenvalue weighted by Crippen LogP contribution is 2.26. The molecule has 1 unspecified atom stereocenters. The summed E-state index contributed by atoms with van der Waals surface area (Å²) in [6.45, 7) is 1.91. The molecule has 1 aliphatic rings. The first-order valence-corrected chi connectivity index (χ1v) is 10.3. The highest BCUT2D eigenvalue weighted by molar-refractivity contribution is 6.22. The fourth-order valence-corrected chi connectivity index (χ4v) is 3.75. The molecule has 9 heteroatoms. The molecule has 1 aliphatic heterocycles. The normalized spacial score (nSPS) is 13.8. The summed E-state index contributed by atoms with van der Waals surface area (Å²) in [6.07, 6.45) is 4.55. The number of carbonyl (C=O) groups excluding carboxylic acids is 3. The minimum Gasteiger partial charge on any atom is -0.467 e. The summed E-state index contributed by atoms with van der Waals surface area (Å²) in [5.74, 6) is -0.682. The van der Waals surface area contributed by atoms with Gasteiger partial charge in [0.05, 0.1) is 35.7 Å². The van der Waals surface area contributed by atoms with Gasteiger partial charge in [0.15, 0.2) is 0 Å². The third-order valence-electron chi connectivity index (χ3n) is 5.55. The molecule has 0 saturated heterocycles. The van der Waals surface area contributed by atoms with Crippen molar-refractivity contribution >= 4 is 17.7 Å². The van der Waals surface area contributed by atoms with E-state index in [4.69, 9.17) is 4.42 Å². The lowest BCUT2D eigenvalue weighted by molar-refractivity contribution is 0.0631. The number of fused-ring (bicyclic) bond motifs is 1. The Balaban J connectivity index is 1.30. The molecule has 1 atom stereocenters. The predicted octanol–water partition coefficient (Wildman–Crippen LogP) is 3.15. The van der Waals surface area contributed by atoms with Gasteiger partial charge in [-0.3, -0.25) is 19.3 Å². The van der Waals surface area contributed by atoms with Gasteiger partial charge in [0.25, 0.3) is 17.7 Å². The van der Waals surface area contributed by atoms with Crippen molar-refractivity contribution in [2.24, 2.45) is 0 Å². The number of imide groups is 1. The molecule has 33 heavy (non-hydrogen) atoms. The minimum absolute atomic E-state index is 0.0441. The highest BCUT2D eigenvalue weighted by Gasteiger charge is 2.36. The van der Waals surface area contributed by atoms with Crippen LogP contribution in [0, 0.1) is 0 Å². The first kappa shape index (κ1) is 20.4. The van der Waals surface area contributed by atoms with Crippen LogP contribution in [0.1, 0.15) is 55.4 Å². The number of hydrogen-bond donors (Lipinski definition) is 1. The van der Waals surface area contributed by atoms with Crippen molar-refractivity contribution in [1.82, 2.24) is 25.0 Å². The van der Waals surface area contributed by atoms with E-state index in [0.717, 1.165) is 16.2 Å². The van der Waals surface area contributed by atoms with E-state index < -0.39 is 11.8 Å². The van der Waals surface area contributed by atoms with Gasteiger partial charge in [0, 0.05) is 5.56 Å². The quantitative estimate of drug-likeness (QED) is 0.460. The zero-order chi connectivity index (χ0) is 22.9. The molecule has 0 fully saturated rings. The summed E-state index contributed by atoms with van der Waals surface area (Å²) in [5.41, 5.74) is 2.56. The van der Waals surface area contributed by atoms with Gasteiger partial charge in [0.2, 0.25) is 0 Å². The first-order valence-electron chi connectivity index (χ1n) is 10.3. The lowest BCUT2D eigenvalue weighted by Gasteiger charge is -2.15. The maximum absolute atomic E-state index is 12.8. The lowest BCUT2D eigenvalue weighted by Crippen LogP contribution is -2.29.